The molecule has 1 aromatic heterocycles. The molecule has 6 aromatic rings. The molecular weight excluding hydrogens is 1010 g/mol. The number of sulfonamides is 1. The van der Waals surface area contributed by atoms with Gasteiger partial charge in [-0.15, -0.1) is 11.8 Å². The number of hydrogen-bond donors (Lipinski definition) is 4. The Kier molecular flexibility index (Phi) is 17.1. The van der Waals surface area contributed by atoms with Crippen molar-refractivity contribution in [2.75, 3.05) is 103 Å². The highest BCUT2D eigenvalue weighted by molar-refractivity contribution is 7.99. The summed E-state index contributed by atoms with van der Waals surface area (Å²) < 4.78 is 67.6. The van der Waals surface area contributed by atoms with E-state index in [4.69, 9.17) is 0 Å². The summed E-state index contributed by atoms with van der Waals surface area (Å²) in [7, 11) is -1.96. The lowest BCUT2D eigenvalue weighted by Gasteiger charge is -2.37. The molecule has 3 aliphatic heterocycles. The zero-order chi connectivity index (χ0) is 52.9. The van der Waals surface area contributed by atoms with Crippen LogP contribution in [-0.4, -0.2) is 143 Å². The normalized spacial score (nSPS) is 17.5. The molecule has 0 spiro atoms. The third-order valence-corrected chi connectivity index (χ3v) is 18.2. The van der Waals surface area contributed by atoms with Crippen LogP contribution in [0.3, 0.4) is 0 Å². The van der Waals surface area contributed by atoms with E-state index in [9.17, 15) is 31.5 Å². The molecule has 2 atom stereocenters. The number of halogens is 1. The van der Waals surface area contributed by atoms with E-state index in [0.717, 1.165) is 122 Å². The highest BCUT2D eigenvalue weighted by Gasteiger charge is 2.32. The predicted molar refractivity (Wildman–Crippen MR) is 302 cm³/mol. The fourth-order valence-corrected chi connectivity index (χ4v) is 13.1. The molecular formula is C57H69FN8O6S3. The third kappa shape index (κ3) is 13.3. The van der Waals surface area contributed by atoms with Crippen LogP contribution in [0.2, 0.25) is 0 Å². The number of hydrogen-bond acceptors (Lipinski definition) is 11. The minimum absolute atomic E-state index is 0.0457. The van der Waals surface area contributed by atoms with Gasteiger partial charge in [0.25, 0.3) is 15.9 Å². The zero-order valence-electron chi connectivity index (χ0n) is 43.3. The molecule has 398 valence electrons. The number of carbonyl (C=O) groups excluding carboxylic acids is 1. The number of piperidine rings is 1. The highest BCUT2D eigenvalue weighted by atomic mass is 32.2. The Morgan fingerprint density at radius 2 is 1.44 bits per heavy atom. The van der Waals surface area contributed by atoms with E-state index >= 15 is 0 Å². The van der Waals surface area contributed by atoms with E-state index < -0.39 is 26.7 Å². The number of aliphatic hydroxyl groups is 1. The van der Waals surface area contributed by atoms with Gasteiger partial charge in [0.15, 0.2) is 11.1 Å². The molecule has 4 N–H and O–H groups in total. The summed E-state index contributed by atoms with van der Waals surface area (Å²) in [5, 5.41) is 14.2. The number of aryl methyl sites for hydroxylation is 1. The van der Waals surface area contributed by atoms with E-state index in [-0.39, 0.29) is 28.5 Å². The number of aromatic nitrogens is 1. The van der Waals surface area contributed by atoms with Crippen molar-refractivity contribution in [2.24, 2.45) is 7.05 Å². The largest absolute Gasteiger partial charge is 0.390 e. The first-order chi connectivity index (χ1) is 36.0. The van der Waals surface area contributed by atoms with Crippen LogP contribution in [0.15, 0.2) is 131 Å². The van der Waals surface area contributed by atoms with Gasteiger partial charge in [0.05, 0.1) is 21.8 Å². The van der Waals surface area contributed by atoms with Gasteiger partial charge in [0.1, 0.15) is 11.7 Å². The number of rotatable bonds is 18. The molecule has 0 radical (unpaired) electrons. The maximum absolute atomic E-state index is 14.5. The lowest BCUT2D eigenvalue weighted by Crippen LogP contribution is -2.49. The third-order valence-electron chi connectivity index (χ3n) is 15.0. The van der Waals surface area contributed by atoms with E-state index in [1.807, 2.05) is 90.7 Å². The first-order valence-corrected chi connectivity index (χ1v) is 29.5. The van der Waals surface area contributed by atoms with Gasteiger partial charge < -0.3 is 39.1 Å². The number of likely N-dealkylation sites (tertiary alicyclic amines) is 1. The summed E-state index contributed by atoms with van der Waals surface area (Å²) in [6.07, 6.45) is 2.44. The fourth-order valence-electron chi connectivity index (χ4n) is 10.4. The van der Waals surface area contributed by atoms with E-state index in [2.05, 4.69) is 49.0 Å². The molecule has 1 unspecified atom stereocenters. The highest BCUT2D eigenvalue weighted by Crippen LogP contribution is 2.41. The Morgan fingerprint density at radius 3 is 2.09 bits per heavy atom. The molecule has 0 bridgehead atoms. The molecule has 75 heavy (non-hydrogen) atoms. The Bertz CT molecular complexity index is 3060. The Labute approximate surface area is 448 Å². The Balaban J connectivity index is 0.841. The van der Waals surface area contributed by atoms with Crippen molar-refractivity contribution in [1.29, 1.82) is 0 Å². The predicted octanol–water partition coefficient (Wildman–Crippen LogP) is 8.99. The summed E-state index contributed by atoms with van der Waals surface area (Å²) in [6, 6.07) is 37.9. The quantitative estimate of drug-likeness (QED) is 0.0480. The maximum Gasteiger partial charge on any atom is 0.261 e. The van der Waals surface area contributed by atoms with Gasteiger partial charge in [-0.05, 0) is 148 Å². The van der Waals surface area contributed by atoms with Crippen molar-refractivity contribution in [3.05, 3.63) is 144 Å². The van der Waals surface area contributed by atoms with Crippen LogP contribution in [0.1, 0.15) is 47.8 Å². The van der Waals surface area contributed by atoms with Gasteiger partial charge in [-0.1, -0.05) is 30.3 Å². The standard InChI is InChI=1S/C57H69FN8O6S3/c1-41-37-51(21-22-52(41)59-47(39-73-50-11-6-5-7-12-50)23-26-62-27-24-57(3,68)25-28-62)75(71,72)60-46-17-19-48(20-18-46)64-33-35-65(36-34-64)49-10-8-9-44(38-49)54-53(56(67)66-31-29-63(30-32-66)40-74(69)70)42(2)61(4)55(54)43-13-15-45(58)16-14-43/h5-22,37-38,47,59-60,68H,23-36,39-40H2,1-4H3,(H,69,70)/t47-/m1/s1. The summed E-state index contributed by atoms with van der Waals surface area (Å²) in [5.41, 5.74) is 8.25. The van der Waals surface area contributed by atoms with Crippen LogP contribution in [0, 0.1) is 19.7 Å². The van der Waals surface area contributed by atoms with Crippen LogP contribution in [0.25, 0.3) is 22.4 Å². The molecule has 4 heterocycles. The van der Waals surface area contributed by atoms with Crippen molar-refractivity contribution in [1.82, 2.24) is 19.3 Å². The molecule has 3 aliphatic rings. The monoisotopic (exact) mass is 1080 g/mol. The van der Waals surface area contributed by atoms with Gasteiger partial charge >= 0.3 is 0 Å². The lowest BCUT2D eigenvalue weighted by molar-refractivity contribution is -0.00556. The average Bonchev–Trinajstić information content (AvgIpc) is 3.67. The van der Waals surface area contributed by atoms with Gasteiger partial charge in [-0.2, -0.15) is 0 Å². The number of anilines is 4. The van der Waals surface area contributed by atoms with Crippen molar-refractivity contribution >= 4 is 61.5 Å². The van der Waals surface area contributed by atoms with Crippen LogP contribution >= 0.6 is 11.8 Å². The summed E-state index contributed by atoms with van der Waals surface area (Å²) in [6.45, 7) is 13.2. The van der Waals surface area contributed by atoms with E-state index in [1.54, 1.807) is 48.2 Å². The average molecular weight is 1080 g/mol. The van der Waals surface area contributed by atoms with Crippen LogP contribution < -0.4 is 19.8 Å². The topological polar surface area (TPSA) is 154 Å². The first-order valence-electron chi connectivity index (χ1n) is 25.8. The SMILES string of the molecule is Cc1cc(S(=O)(=O)Nc2ccc(N3CCN(c4cccc(-c5c(C(=O)N6CCN(CS(=O)O)CC6)c(C)n(C)c5-c5ccc(F)cc5)c4)CC3)cc2)ccc1N[C@H](CCN1CCC(C)(O)CC1)CSc1ccccc1. The van der Waals surface area contributed by atoms with Crippen LogP contribution in [-0.2, 0) is 28.2 Å². The first kappa shape index (κ1) is 54.1. The van der Waals surface area contributed by atoms with Crippen molar-refractivity contribution in [2.45, 2.75) is 61.5 Å². The molecule has 3 saturated heterocycles. The Hall–Kier alpha value is -5.73. The number of thioether (sulfide) groups is 1. The van der Waals surface area contributed by atoms with Crippen molar-refractivity contribution < 1.29 is 31.5 Å². The maximum atomic E-state index is 14.5. The fraction of sp³-hybridized carbons (Fsp3) is 0.386. The molecule has 14 nitrogen and oxygen atoms in total. The van der Waals surface area contributed by atoms with Crippen LogP contribution in [0.5, 0.6) is 0 Å². The number of benzene rings is 5. The molecule has 0 aliphatic carbocycles. The van der Waals surface area contributed by atoms with Crippen molar-refractivity contribution in [3.63, 3.8) is 0 Å². The second-order valence-corrected chi connectivity index (χ2v) is 24.0. The van der Waals surface area contributed by atoms with Crippen LogP contribution in [0.4, 0.5) is 27.1 Å². The molecule has 9 rings (SSSR count). The second kappa shape index (κ2) is 23.7. The number of carbonyl (C=O) groups is 1. The van der Waals surface area contributed by atoms with Gasteiger partial charge in [-0.25, -0.2) is 17.0 Å². The lowest BCUT2D eigenvalue weighted by atomic mass is 9.94. The van der Waals surface area contributed by atoms with E-state index in [0.29, 0.717) is 37.4 Å². The van der Waals surface area contributed by atoms with Gasteiger partial charge in [-0.3, -0.25) is 14.4 Å². The van der Waals surface area contributed by atoms with Crippen molar-refractivity contribution in [3.8, 4) is 22.4 Å². The summed E-state index contributed by atoms with van der Waals surface area (Å²) in [5.74, 6) is 0.438. The van der Waals surface area contributed by atoms with Gasteiger partial charge in [0.2, 0.25) is 0 Å². The number of piperazine rings is 2. The van der Waals surface area contributed by atoms with E-state index in [1.165, 1.54) is 17.0 Å². The zero-order valence-corrected chi connectivity index (χ0v) is 45.7. The number of nitrogens with one attached hydrogen (secondary N) is 2. The summed E-state index contributed by atoms with van der Waals surface area (Å²) >= 11 is -0.148. The molecule has 3 fully saturated rings. The van der Waals surface area contributed by atoms with Gasteiger partial charge in [0, 0.05) is 130 Å². The molecule has 18 heteroatoms. The molecule has 0 saturated carbocycles. The summed E-state index contributed by atoms with van der Waals surface area (Å²) in [4.78, 5) is 26.7. The number of amides is 1. The molecule has 1 amide bonds. The minimum atomic E-state index is -3.89. The second-order valence-electron chi connectivity index (χ2n) is 20.4. The Morgan fingerprint density at radius 1 is 0.773 bits per heavy atom. The number of nitrogens with zero attached hydrogens (tertiary/aromatic N) is 6. The smallest absolute Gasteiger partial charge is 0.261 e. The molecule has 5 aromatic carbocycles. The minimum Gasteiger partial charge on any atom is -0.390 e.